The molecule has 0 aromatic carbocycles. The Morgan fingerprint density at radius 3 is 1.66 bits per heavy atom. The van der Waals surface area contributed by atoms with Gasteiger partial charge in [-0.1, -0.05) is 51.9 Å². The molecule has 0 aliphatic carbocycles. The van der Waals surface area contributed by atoms with Gasteiger partial charge in [-0.15, -0.1) is 0 Å². The van der Waals surface area contributed by atoms with E-state index >= 15 is 0 Å². The van der Waals surface area contributed by atoms with Crippen LogP contribution in [0.1, 0.15) is 69.7 Å². The molecule has 35 heavy (non-hydrogen) atoms. The van der Waals surface area contributed by atoms with Crippen LogP contribution in [-0.4, -0.2) is 71.2 Å². The molecule has 1 unspecified atom stereocenters. The zero-order chi connectivity index (χ0) is 25.6. The Morgan fingerprint density at radius 2 is 1.31 bits per heavy atom. The van der Waals surface area contributed by atoms with Crippen LogP contribution in [0, 0.1) is 0 Å². The van der Waals surface area contributed by atoms with E-state index in [0.717, 1.165) is 31.4 Å². The van der Waals surface area contributed by atoms with Gasteiger partial charge in [-0.3, -0.25) is 0 Å². The van der Waals surface area contributed by atoms with E-state index in [2.05, 4.69) is 26.9 Å². The van der Waals surface area contributed by atoms with Gasteiger partial charge in [0.15, 0.2) is 6.10 Å². The summed E-state index contributed by atoms with van der Waals surface area (Å²) in [5.41, 5.74) is 1.15. The second kappa shape index (κ2) is 22.6. The molecule has 12 heteroatoms. The van der Waals surface area contributed by atoms with Crippen molar-refractivity contribution in [3.63, 3.8) is 0 Å². The van der Waals surface area contributed by atoms with Crippen molar-refractivity contribution in [2.45, 2.75) is 64.4 Å². The van der Waals surface area contributed by atoms with Crippen LogP contribution in [0.4, 0.5) is 0 Å². The zero-order valence-electron chi connectivity index (χ0n) is 19.6. The minimum Gasteiger partial charge on any atom is -0.545 e. The Morgan fingerprint density at radius 1 is 0.886 bits per heavy atom. The molecule has 2 aromatic heterocycles. The van der Waals surface area contributed by atoms with Gasteiger partial charge in [0, 0.05) is 12.4 Å². The summed E-state index contributed by atoms with van der Waals surface area (Å²) in [5, 5.41) is 37.1. The van der Waals surface area contributed by atoms with Crippen molar-refractivity contribution in [1.82, 2.24) is 19.9 Å². The van der Waals surface area contributed by atoms with E-state index < -0.39 is 24.0 Å². The smallest absolute Gasteiger partial charge is 0.545 e. The summed E-state index contributed by atoms with van der Waals surface area (Å²) in [4.78, 5) is 42.8. The van der Waals surface area contributed by atoms with Crippen molar-refractivity contribution in [1.29, 1.82) is 0 Å². The Balaban J connectivity index is 0. The van der Waals surface area contributed by atoms with Crippen LogP contribution >= 0.6 is 0 Å². The van der Waals surface area contributed by atoms with Crippen LogP contribution in [0.2, 0.25) is 0 Å². The van der Waals surface area contributed by atoms with Crippen molar-refractivity contribution in [3.8, 4) is 0 Å². The number of nitrogens with one attached hydrogen (secondary N) is 2. The first-order valence-electron chi connectivity index (χ1n) is 10.9. The monoisotopic (exact) mass is 556 g/mol. The predicted molar refractivity (Wildman–Crippen MR) is 127 cm³/mol. The summed E-state index contributed by atoms with van der Waals surface area (Å²) in [6.45, 7) is 2.18. The normalized spacial score (nSPS) is 11.0. The van der Waals surface area contributed by atoms with E-state index in [9.17, 15) is 24.6 Å². The van der Waals surface area contributed by atoms with Crippen LogP contribution in [0.3, 0.4) is 0 Å². The van der Waals surface area contributed by atoms with Gasteiger partial charge in [0.25, 0.3) is 0 Å². The number of carbonyl (C=O) groups excluding carboxylic acids is 2. The van der Waals surface area contributed by atoms with Gasteiger partial charge in [-0.2, -0.15) is 0 Å². The molecule has 4 radical (unpaired) electrons. The maximum absolute atomic E-state index is 10.3. The maximum Gasteiger partial charge on any atom is 2.00 e. The summed E-state index contributed by atoms with van der Waals surface area (Å²) in [6, 6.07) is 0. The molecule has 0 bridgehead atoms. The zero-order valence-corrected chi connectivity index (χ0v) is 21.3. The van der Waals surface area contributed by atoms with Crippen LogP contribution in [-0.2, 0) is 14.4 Å². The van der Waals surface area contributed by atoms with E-state index in [1.807, 2.05) is 0 Å². The molecule has 2 rings (SSSR count). The van der Waals surface area contributed by atoms with Gasteiger partial charge < -0.3 is 40.0 Å². The SMILES string of the molecule is CCCCCCCCCC(O)C(=O)O.O=C([O-])C=Cc1c[nH]cn1.O=C([O-])C=Cc1c[nH]cn1.[Se+2]. The van der Waals surface area contributed by atoms with Gasteiger partial charge >= 0.3 is 23.0 Å². The van der Waals surface area contributed by atoms with Crippen LogP contribution in [0.25, 0.3) is 12.2 Å². The number of carboxylic acid groups (broad SMARTS) is 3. The fourth-order valence-electron chi connectivity index (χ4n) is 2.45. The van der Waals surface area contributed by atoms with Crippen LogP contribution in [0.5, 0.6) is 0 Å². The van der Waals surface area contributed by atoms with Crippen molar-refractivity contribution >= 4 is 47.1 Å². The molecule has 4 N–H and O–H groups in total. The number of carbonyl (C=O) groups is 3. The topological polar surface area (TPSA) is 195 Å². The number of carboxylic acids is 3. The third kappa shape index (κ3) is 22.4. The average molecular weight is 555 g/mol. The standard InChI is InChI=1S/C11H22O3.2C6H6N2O2.Se/c1-2-3-4-5-6-7-8-9-10(12)11(13)14;2*9-6(10)2-1-5-3-7-4-8-5;/h10,12H,2-9H2,1H3,(H,13,14);2*1-4H,(H,7,8)(H,9,10);/q;;;+2/p-2. The summed E-state index contributed by atoms with van der Waals surface area (Å²) in [5.74, 6) is -3.54. The second-order valence-electron chi connectivity index (χ2n) is 7.06. The van der Waals surface area contributed by atoms with Gasteiger partial charge in [0.1, 0.15) is 0 Å². The number of aromatic amines is 2. The molecule has 2 heterocycles. The Hall–Kier alpha value is -3.21. The van der Waals surface area contributed by atoms with Crippen LogP contribution in [0.15, 0.2) is 37.2 Å². The van der Waals surface area contributed by atoms with Crippen molar-refractivity contribution in [3.05, 3.63) is 48.6 Å². The van der Waals surface area contributed by atoms with E-state index in [1.165, 1.54) is 50.5 Å². The average Bonchev–Trinajstić information content (AvgIpc) is 3.50. The molecular weight excluding hydrogens is 523 g/mol. The number of H-pyrrole nitrogens is 2. The van der Waals surface area contributed by atoms with Crippen molar-refractivity contribution in [2.24, 2.45) is 0 Å². The minimum absolute atomic E-state index is 0. The molecule has 0 aliphatic rings. The molecule has 0 aliphatic heterocycles. The largest absolute Gasteiger partial charge is 2.00 e. The summed E-state index contributed by atoms with van der Waals surface area (Å²) < 4.78 is 0. The Bertz CT molecular complexity index is 799. The molecule has 192 valence electrons. The van der Waals surface area contributed by atoms with Crippen LogP contribution < -0.4 is 10.2 Å². The number of aliphatic hydroxyl groups excluding tert-OH is 1. The fraction of sp³-hybridized carbons (Fsp3) is 0.435. The number of rotatable bonds is 13. The first kappa shape index (κ1) is 34.0. The van der Waals surface area contributed by atoms with Gasteiger partial charge in [-0.05, 0) is 30.7 Å². The third-order valence-electron chi connectivity index (χ3n) is 4.19. The summed E-state index contributed by atoms with van der Waals surface area (Å²) >= 11 is 0. The first-order chi connectivity index (χ1) is 16.3. The van der Waals surface area contributed by atoms with E-state index in [0.29, 0.717) is 17.8 Å². The number of unbranched alkanes of at least 4 members (excludes halogenated alkanes) is 6. The maximum atomic E-state index is 10.3. The number of hydrogen-bond acceptors (Lipinski definition) is 8. The van der Waals surface area contributed by atoms with Gasteiger partial charge in [0.05, 0.1) is 36.0 Å². The molecule has 11 nitrogen and oxygen atoms in total. The Kier molecular flexibility index (Phi) is 21.9. The number of aromatic nitrogens is 4. The third-order valence-corrected chi connectivity index (χ3v) is 4.19. The van der Waals surface area contributed by atoms with E-state index in [-0.39, 0.29) is 17.1 Å². The van der Waals surface area contributed by atoms with Crippen molar-refractivity contribution in [2.75, 3.05) is 0 Å². The molecule has 0 saturated carbocycles. The minimum atomic E-state index is -1.22. The summed E-state index contributed by atoms with van der Waals surface area (Å²) in [6.07, 6.45) is 18.0. The first-order valence-corrected chi connectivity index (χ1v) is 10.9. The molecule has 0 fully saturated rings. The molecular formula is C23H32N4O7Se. The van der Waals surface area contributed by atoms with Gasteiger partial charge in [0.2, 0.25) is 0 Å². The fourth-order valence-corrected chi connectivity index (χ4v) is 2.45. The number of imidazole rings is 2. The second-order valence-corrected chi connectivity index (χ2v) is 7.06. The van der Waals surface area contributed by atoms with Gasteiger partial charge in [-0.25, -0.2) is 14.8 Å². The summed E-state index contributed by atoms with van der Waals surface area (Å²) in [7, 11) is 0. The number of aliphatic carboxylic acids is 3. The molecule has 2 aromatic rings. The molecule has 0 saturated heterocycles. The quantitative estimate of drug-likeness (QED) is 0.155. The van der Waals surface area contributed by atoms with E-state index in [1.54, 1.807) is 12.4 Å². The predicted octanol–water partition coefficient (Wildman–Crippen LogP) is 0.537. The number of nitrogens with zero attached hydrogens (tertiary/aromatic N) is 2. The molecule has 0 amide bonds. The number of aliphatic hydroxyl groups is 1. The number of hydrogen-bond donors (Lipinski definition) is 4. The molecule has 0 spiro atoms. The Labute approximate surface area is 214 Å². The molecule has 1 atom stereocenters. The van der Waals surface area contributed by atoms with Crippen molar-refractivity contribution < 1.29 is 34.8 Å². The van der Waals surface area contributed by atoms with E-state index in [4.69, 9.17) is 10.2 Å².